The van der Waals surface area contributed by atoms with E-state index in [-0.39, 0.29) is 17.1 Å². The predicted octanol–water partition coefficient (Wildman–Crippen LogP) is 4.39. The molecule has 1 amide bonds. The number of carbonyl (C=O) groups excluding carboxylic acids is 2. The molecule has 0 saturated heterocycles. The highest BCUT2D eigenvalue weighted by Crippen LogP contribution is 2.30. The predicted molar refractivity (Wildman–Crippen MR) is 111 cm³/mol. The van der Waals surface area contributed by atoms with Crippen molar-refractivity contribution in [3.8, 4) is 17.6 Å². The van der Waals surface area contributed by atoms with E-state index in [1.807, 2.05) is 13.0 Å². The summed E-state index contributed by atoms with van der Waals surface area (Å²) >= 11 is 5.90. The maximum Gasteiger partial charge on any atom is 0.343 e. The van der Waals surface area contributed by atoms with Gasteiger partial charge in [0.2, 0.25) is 0 Å². The fourth-order valence-corrected chi connectivity index (χ4v) is 2.61. The third-order valence-corrected chi connectivity index (χ3v) is 4.18. The summed E-state index contributed by atoms with van der Waals surface area (Å²) in [5.41, 5.74) is 0.845. The molecule has 0 aliphatic carbocycles. The smallest absolute Gasteiger partial charge is 0.343 e. The maximum absolute atomic E-state index is 12.3. The third-order valence-electron chi connectivity index (χ3n) is 3.94. The molecule has 2 aromatic carbocycles. The molecule has 0 aliphatic rings. The number of unbranched alkanes of at least 4 members (excludes halogenated alkanes) is 1. The van der Waals surface area contributed by atoms with E-state index in [2.05, 4.69) is 5.32 Å². The third kappa shape index (κ3) is 6.37. The first-order chi connectivity index (χ1) is 14.0. The molecule has 0 bridgehead atoms. The van der Waals surface area contributed by atoms with Crippen LogP contribution in [0.25, 0.3) is 6.08 Å². The van der Waals surface area contributed by atoms with Crippen LogP contribution in [0.1, 0.15) is 35.7 Å². The lowest BCUT2D eigenvalue weighted by Gasteiger charge is -2.10. The number of ether oxygens (including phenoxy) is 2. The Morgan fingerprint density at radius 2 is 2.00 bits per heavy atom. The number of hydrogen-bond acceptors (Lipinski definition) is 5. The number of nitrogens with one attached hydrogen (secondary N) is 1. The summed E-state index contributed by atoms with van der Waals surface area (Å²) in [6, 6.07) is 13.0. The van der Waals surface area contributed by atoms with Gasteiger partial charge in [0.25, 0.3) is 5.91 Å². The summed E-state index contributed by atoms with van der Waals surface area (Å²) in [5, 5.41) is 12.4. The number of amides is 1. The van der Waals surface area contributed by atoms with Gasteiger partial charge in [-0.05, 0) is 48.4 Å². The molecule has 0 radical (unpaired) electrons. The van der Waals surface area contributed by atoms with E-state index in [1.165, 1.54) is 25.3 Å². The van der Waals surface area contributed by atoms with E-state index >= 15 is 0 Å². The Morgan fingerprint density at radius 3 is 2.66 bits per heavy atom. The first-order valence-electron chi connectivity index (χ1n) is 9.04. The zero-order valence-electron chi connectivity index (χ0n) is 16.2. The quantitative estimate of drug-likeness (QED) is 0.228. The Kier molecular flexibility index (Phi) is 8.26. The lowest BCUT2D eigenvalue weighted by atomic mass is 10.1. The van der Waals surface area contributed by atoms with Crippen molar-refractivity contribution in [3.63, 3.8) is 0 Å². The van der Waals surface area contributed by atoms with Crippen LogP contribution in [-0.4, -0.2) is 25.5 Å². The summed E-state index contributed by atoms with van der Waals surface area (Å²) in [7, 11) is 1.43. The van der Waals surface area contributed by atoms with Gasteiger partial charge < -0.3 is 14.8 Å². The fraction of sp³-hybridized carbons (Fsp3) is 0.227. The molecule has 0 atom stereocenters. The van der Waals surface area contributed by atoms with Gasteiger partial charge in [-0.3, -0.25) is 4.79 Å². The largest absolute Gasteiger partial charge is 0.493 e. The molecule has 29 heavy (non-hydrogen) atoms. The van der Waals surface area contributed by atoms with Crippen LogP contribution in [0.5, 0.6) is 11.5 Å². The van der Waals surface area contributed by atoms with Crippen molar-refractivity contribution in [2.45, 2.75) is 19.8 Å². The summed E-state index contributed by atoms with van der Waals surface area (Å²) in [6.07, 6.45) is 3.23. The Labute approximate surface area is 174 Å². The zero-order valence-corrected chi connectivity index (χ0v) is 17.0. The average molecular weight is 413 g/mol. The van der Waals surface area contributed by atoms with E-state index in [9.17, 15) is 14.9 Å². The molecule has 7 heteroatoms. The van der Waals surface area contributed by atoms with Gasteiger partial charge in [0.15, 0.2) is 11.5 Å². The van der Waals surface area contributed by atoms with Gasteiger partial charge in [0, 0.05) is 11.6 Å². The van der Waals surface area contributed by atoms with Crippen LogP contribution in [-0.2, 0) is 4.79 Å². The van der Waals surface area contributed by atoms with Gasteiger partial charge in [-0.15, -0.1) is 0 Å². The standard InChI is InChI=1S/C22H21ClN2O4/c1-3-4-10-25-21(26)17(14-24)11-15-8-9-19(20(12-15)28-2)29-22(27)16-6-5-7-18(23)13-16/h5-9,11-13H,3-4,10H2,1-2H3,(H,25,26)/b17-11+. The van der Waals surface area contributed by atoms with E-state index in [1.54, 1.807) is 30.3 Å². The molecule has 150 valence electrons. The van der Waals surface area contributed by atoms with E-state index in [4.69, 9.17) is 21.1 Å². The fourth-order valence-electron chi connectivity index (χ4n) is 2.42. The van der Waals surface area contributed by atoms with Crippen LogP contribution in [0.4, 0.5) is 0 Å². The van der Waals surface area contributed by atoms with Gasteiger partial charge in [0.1, 0.15) is 11.6 Å². The minimum absolute atomic E-state index is 0.0215. The van der Waals surface area contributed by atoms with E-state index in [0.717, 1.165) is 12.8 Å². The number of nitrogens with zero attached hydrogens (tertiary/aromatic N) is 1. The van der Waals surface area contributed by atoms with Crippen molar-refractivity contribution < 1.29 is 19.1 Å². The lowest BCUT2D eigenvalue weighted by Crippen LogP contribution is -2.25. The first kappa shape index (κ1) is 22.0. The minimum Gasteiger partial charge on any atom is -0.493 e. The van der Waals surface area contributed by atoms with Gasteiger partial charge in [-0.1, -0.05) is 37.1 Å². The monoisotopic (exact) mass is 412 g/mol. The van der Waals surface area contributed by atoms with E-state index in [0.29, 0.717) is 22.7 Å². The van der Waals surface area contributed by atoms with E-state index < -0.39 is 11.9 Å². The number of nitriles is 1. The average Bonchev–Trinajstić information content (AvgIpc) is 2.72. The second-order valence-electron chi connectivity index (χ2n) is 6.09. The molecule has 0 fully saturated rings. The maximum atomic E-state index is 12.3. The second-order valence-corrected chi connectivity index (χ2v) is 6.53. The first-order valence-corrected chi connectivity index (χ1v) is 9.42. The molecule has 0 unspecified atom stereocenters. The van der Waals surface area contributed by atoms with Crippen molar-refractivity contribution in [1.29, 1.82) is 5.26 Å². The lowest BCUT2D eigenvalue weighted by molar-refractivity contribution is -0.117. The minimum atomic E-state index is -0.581. The molecule has 0 aromatic heterocycles. The Balaban J connectivity index is 2.20. The zero-order chi connectivity index (χ0) is 21.2. The molecule has 1 N–H and O–H groups in total. The van der Waals surface area contributed by atoms with Gasteiger partial charge in [-0.2, -0.15) is 5.26 Å². The highest BCUT2D eigenvalue weighted by atomic mass is 35.5. The van der Waals surface area contributed by atoms with Crippen molar-refractivity contribution in [1.82, 2.24) is 5.32 Å². The normalized spacial score (nSPS) is 10.8. The van der Waals surface area contributed by atoms with Crippen LogP contribution in [0, 0.1) is 11.3 Å². The topological polar surface area (TPSA) is 88.4 Å². The molecule has 0 saturated carbocycles. The highest BCUT2D eigenvalue weighted by molar-refractivity contribution is 6.30. The molecule has 0 spiro atoms. The van der Waals surface area contributed by atoms with Crippen LogP contribution < -0.4 is 14.8 Å². The number of hydrogen-bond donors (Lipinski definition) is 1. The number of rotatable bonds is 8. The number of esters is 1. The van der Waals surface area contributed by atoms with Gasteiger partial charge >= 0.3 is 5.97 Å². The SMILES string of the molecule is CCCCNC(=O)/C(C#N)=C/c1ccc(OC(=O)c2cccc(Cl)c2)c(OC)c1. The van der Waals surface area contributed by atoms with Gasteiger partial charge in [-0.25, -0.2) is 4.79 Å². The molecule has 2 aromatic rings. The number of halogens is 1. The number of carbonyl (C=O) groups is 2. The summed E-state index contributed by atoms with van der Waals surface area (Å²) in [5.74, 6) is -0.517. The highest BCUT2D eigenvalue weighted by Gasteiger charge is 2.14. The van der Waals surface area contributed by atoms with Crippen LogP contribution >= 0.6 is 11.6 Å². The Morgan fingerprint density at radius 1 is 1.21 bits per heavy atom. The van der Waals surface area contributed by atoms with Crippen molar-refractivity contribution in [3.05, 3.63) is 64.2 Å². The summed E-state index contributed by atoms with van der Waals surface area (Å²) < 4.78 is 10.7. The van der Waals surface area contributed by atoms with Crippen LogP contribution in [0.15, 0.2) is 48.0 Å². The number of benzene rings is 2. The van der Waals surface area contributed by atoms with Crippen LogP contribution in [0.3, 0.4) is 0 Å². The molecule has 6 nitrogen and oxygen atoms in total. The van der Waals surface area contributed by atoms with Gasteiger partial charge in [0.05, 0.1) is 12.7 Å². The van der Waals surface area contributed by atoms with Crippen LogP contribution in [0.2, 0.25) is 5.02 Å². The molecule has 0 heterocycles. The molecule has 0 aliphatic heterocycles. The second kappa shape index (κ2) is 10.9. The van der Waals surface area contributed by atoms with Crippen molar-refractivity contribution in [2.24, 2.45) is 0 Å². The Hall–Kier alpha value is -3.30. The molecule has 2 rings (SSSR count). The Bertz CT molecular complexity index is 964. The molecular formula is C22H21ClN2O4. The van der Waals surface area contributed by atoms with Crippen molar-refractivity contribution >= 4 is 29.6 Å². The summed E-state index contributed by atoms with van der Waals surface area (Å²) in [4.78, 5) is 24.4. The van der Waals surface area contributed by atoms with Crippen molar-refractivity contribution in [2.75, 3.05) is 13.7 Å². The molecular weight excluding hydrogens is 392 g/mol. The summed E-state index contributed by atoms with van der Waals surface area (Å²) in [6.45, 7) is 2.52. The number of methoxy groups -OCH3 is 1.